The summed E-state index contributed by atoms with van der Waals surface area (Å²) in [7, 11) is -14.9. The van der Waals surface area contributed by atoms with Gasteiger partial charge in [-0.2, -0.15) is 25.3 Å². The zero-order chi connectivity index (χ0) is 74.0. The molecule has 30 heteroatoms. The van der Waals surface area contributed by atoms with Crippen molar-refractivity contribution >= 4 is 31.2 Å². The Morgan fingerprint density at radius 1 is 0.343 bits per heavy atom. The van der Waals surface area contributed by atoms with Crippen molar-refractivity contribution in [3.63, 3.8) is 0 Å². The fraction of sp³-hybridized carbons (Fsp3) is 0.722. The van der Waals surface area contributed by atoms with Gasteiger partial charge in [0.15, 0.2) is 37.7 Å². The molecule has 0 bridgehead atoms. The van der Waals surface area contributed by atoms with E-state index in [2.05, 4.69) is 12.8 Å². The van der Waals surface area contributed by atoms with Gasteiger partial charge in [-0.1, -0.05) is 160 Å². The molecular formula is C72H106O27S3. The van der Waals surface area contributed by atoms with Crippen LogP contribution in [0.4, 0.5) is 0 Å². The second-order valence-corrected chi connectivity index (χ2v) is 31.7. The number of benzene rings is 3. The Balaban J connectivity index is 0.935. The zero-order valence-electron chi connectivity index (χ0n) is 60.3. The summed E-state index contributed by atoms with van der Waals surface area (Å²) in [5, 5.41) is 0. The molecule has 0 aliphatic carbocycles. The molecule has 0 aromatic heterocycles. The summed E-state index contributed by atoms with van der Waals surface area (Å²) in [5.74, 6) is -1.56. The van der Waals surface area contributed by atoms with Gasteiger partial charge in [-0.05, 0) is 61.6 Å². The first-order valence-corrected chi connectivity index (χ1v) is 39.5. The monoisotopic (exact) mass is 1500 g/mol. The van der Waals surface area contributed by atoms with Gasteiger partial charge in [-0.3, -0.25) is 13.7 Å². The molecule has 0 amide bonds. The normalized spacial score (nSPS) is 39.4. The summed E-state index contributed by atoms with van der Waals surface area (Å²) in [6.07, 6.45) is -11.2. The van der Waals surface area contributed by atoms with Crippen LogP contribution < -0.4 is 0 Å². The predicted octanol–water partition coefficient (Wildman–Crippen LogP) is 9.33. The molecular weight excluding hydrogens is 1390 g/mol. The summed E-state index contributed by atoms with van der Waals surface area (Å²) in [6.45, 7) is 23.7. The molecule has 0 radical (unpaired) electrons. The first-order valence-electron chi connectivity index (χ1n) is 35.4. The Bertz CT molecular complexity index is 3430. The van der Waals surface area contributed by atoms with Gasteiger partial charge < -0.3 is 71.1 Å². The molecule has 27 nitrogen and oxygen atoms in total. The molecule has 3 aromatic rings. The second kappa shape index (κ2) is 36.9. The van der Waals surface area contributed by atoms with E-state index in [4.69, 9.17) is 90.0 Å². The maximum absolute atomic E-state index is 12.5. The van der Waals surface area contributed by atoms with Gasteiger partial charge in [0.1, 0.15) is 30.5 Å². The molecule has 6 aliphatic heterocycles. The maximum Gasteiger partial charge on any atom is 0.397 e. The van der Waals surface area contributed by atoms with Gasteiger partial charge >= 0.3 is 31.2 Å². The standard InChI is InChI=1S/C72H106O27S3/c1-15-16-26-33-82-67-43(5)40(2)60(56(92-67)37-86-100(73,74)75)96-71-48(10)63(84-35-54-29-22-18-23-30-54)65(51(13)90-71)99-69-45(7)42(4)62(58(94-69)39-88-102(79,80)81)97-72-49(11)64(85-36-55-31-24-19-25-32-55)66(52(14)91-72)98-68-44(6)41(3)61(57(93-68)38-87-101(76,77)78)95-70-47(9)59(46(8)50(12)89-70)83-34-53-27-20-17-21-28-53/h1,17-25,27-32,40-52,56-72H,16,26,33-39H2,2-14H3,(H,73,74,75)(H,76,77,78)(H,79,80,81)/t40-,41-,42-,43?,44?,45?,46-,47?,48?,49?,50?,51?,52?,56?,57?,58?,59-,60+,61+,62+,63+,64+,65+,66-,67?,68+,69+,70+,71+,72+/m1/s1. The van der Waals surface area contributed by atoms with E-state index in [9.17, 15) is 38.9 Å². The van der Waals surface area contributed by atoms with E-state index in [0.717, 1.165) is 16.7 Å². The van der Waals surface area contributed by atoms with Crippen molar-refractivity contribution in [1.82, 2.24) is 0 Å². The van der Waals surface area contributed by atoms with Gasteiger partial charge in [0.05, 0.1) is 101 Å². The fourth-order valence-electron chi connectivity index (χ4n) is 14.5. The van der Waals surface area contributed by atoms with Crippen molar-refractivity contribution in [3.8, 4) is 12.3 Å². The Kier molecular flexibility index (Phi) is 29.8. The van der Waals surface area contributed by atoms with Crippen molar-refractivity contribution < 1.29 is 123 Å². The first-order chi connectivity index (χ1) is 48.3. The van der Waals surface area contributed by atoms with Crippen molar-refractivity contribution in [2.75, 3.05) is 26.4 Å². The summed E-state index contributed by atoms with van der Waals surface area (Å²) in [4.78, 5) is 0. The number of hydrogen-bond donors (Lipinski definition) is 3. The molecule has 6 heterocycles. The smallest absolute Gasteiger partial charge is 0.373 e. The number of terminal acetylenes is 1. The summed E-state index contributed by atoms with van der Waals surface area (Å²) in [6, 6.07) is 28.8. The third-order valence-electron chi connectivity index (χ3n) is 21.3. The molecule has 0 saturated carbocycles. The van der Waals surface area contributed by atoms with Gasteiger partial charge in [-0.15, -0.1) is 12.3 Å². The highest BCUT2D eigenvalue weighted by atomic mass is 32.3. The lowest BCUT2D eigenvalue weighted by molar-refractivity contribution is -0.376. The van der Waals surface area contributed by atoms with Crippen LogP contribution >= 0.6 is 0 Å². The Labute approximate surface area is 602 Å². The number of unbranched alkanes of at least 4 members (excludes halogenated alkanes) is 1. The number of ether oxygens (including phenoxy) is 15. The minimum absolute atomic E-state index is 0.0108. The van der Waals surface area contributed by atoms with Crippen molar-refractivity contribution in [2.24, 2.45) is 59.2 Å². The molecule has 3 aromatic carbocycles. The molecule has 0 spiro atoms. The second-order valence-electron chi connectivity index (χ2n) is 28.5. The summed E-state index contributed by atoms with van der Waals surface area (Å²) >= 11 is 0. The largest absolute Gasteiger partial charge is 0.397 e. The summed E-state index contributed by atoms with van der Waals surface area (Å²) < 4.78 is 219. The highest BCUT2D eigenvalue weighted by molar-refractivity contribution is 7.81. The van der Waals surface area contributed by atoms with Crippen LogP contribution in [0.3, 0.4) is 0 Å². The highest BCUT2D eigenvalue weighted by Crippen LogP contribution is 2.45. The molecule has 30 atom stereocenters. The number of hydrogen-bond acceptors (Lipinski definition) is 24. The molecule has 6 aliphatic rings. The average Bonchev–Trinajstić information content (AvgIpc) is 0.776. The third kappa shape index (κ3) is 22.0. The van der Waals surface area contributed by atoms with Gasteiger partial charge in [-0.25, -0.2) is 12.5 Å². The lowest BCUT2D eigenvalue weighted by Crippen LogP contribution is -2.62. The molecule has 9 rings (SSSR count). The predicted molar refractivity (Wildman–Crippen MR) is 367 cm³/mol. The van der Waals surface area contributed by atoms with E-state index in [-0.39, 0.29) is 55.7 Å². The Morgan fingerprint density at radius 3 is 0.980 bits per heavy atom. The topological polar surface area (TPSA) is 329 Å². The van der Waals surface area contributed by atoms with E-state index in [0.29, 0.717) is 19.4 Å². The first kappa shape index (κ1) is 82.3. The van der Waals surface area contributed by atoms with Crippen molar-refractivity contribution in [1.29, 1.82) is 0 Å². The van der Waals surface area contributed by atoms with Crippen LogP contribution in [0.15, 0.2) is 91.0 Å². The average molecular weight is 1500 g/mol. The quantitative estimate of drug-likeness (QED) is 0.0297. The minimum atomic E-state index is -5.05. The van der Waals surface area contributed by atoms with Crippen LogP contribution in [0.5, 0.6) is 0 Å². The van der Waals surface area contributed by atoms with Crippen molar-refractivity contribution in [3.05, 3.63) is 108 Å². The Hall–Kier alpha value is -3.77. The molecule has 13 unspecified atom stereocenters. The maximum atomic E-state index is 12.5. The van der Waals surface area contributed by atoms with E-state index in [1.165, 1.54) is 0 Å². The van der Waals surface area contributed by atoms with E-state index < -0.39 is 198 Å². The van der Waals surface area contributed by atoms with Crippen LogP contribution in [-0.2, 0) is 135 Å². The van der Waals surface area contributed by atoms with Gasteiger partial charge in [0, 0.05) is 47.8 Å². The lowest BCUT2D eigenvalue weighted by atomic mass is 9.83. The van der Waals surface area contributed by atoms with Crippen molar-refractivity contribution in [2.45, 2.75) is 246 Å². The minimum Gasteiger partial charge on any atom is -0.373 e. The molecule has 3 N–H and O–H groups in total. The molecule has 574 valence electrons. The van der Waals surface area contributed by atoms with E-state index >= 15 is 0 Å². The lowest BCUT2D eigenvalue weighted by Gasteiger charge is -2.52. The molecule has 6 saturated heterocycles. The highest BCUT2D eigenvalue weighted by Gasteiger charge is 2.56. The van der Waals surface area contributed by atoms with Crippen LogP contribution in [0.2, 0.25) is 0 Å². The van der Waals surface area contributed by atoms with Gasteiger partial charge in [0.25, 0.3) is 0 Å². The molecule has 102 heavy (non-hydrogen) atoms. The Morgan fingerprint density at radius 2 is 0.637 bits per heavy atom. The van der Waals surface area contributed by atoms with E-state index in [1.807, 2.05) is 160 Å². The molecule has 6 fully saturated rings. The van der Waals surface area contributed by atoms with Crippen LogP contribution in [0.25, 0.3) is 0 Å². The van der Waals surface area contributed by atoms with Gasteiger partial charge in [0.2, 0.25) is 0 Å². The summed E-state index contributed by atoms with van der Waals surface area (Å²) in [5.41, 5.74) is 2.71. The van der Waals surface area contributed by atoms with E-state index in [1.54, 1.807) is 13.8 Å². The van der Waals surface area contributed by atoms with Crippen LogP contribution in [-0.4, -0.2) is 189 Å². The number of rotatable bonds is 32. The van der Waals surface area contributed by atoms with Crippen LogP contribution in [0.1, 0.15) is 120 Å². The zero-order valence-corrected chi connectivity index (χ0v) is 62.7. The van der Waals surface area contributed by atoms with Crippen LogP contribution in [0, 0.1) is 71.5 Å². The SMILES string of the molecule is C#CCCCOC1OC(COS(=O)(=O)O)[C@@H](O[C@@H]2OC(C)[C@H](O[C@@H]3OC(COS(=O)(=O)O)[C@@H](O[C@@H]4OC(C)[C@@H](O[C@@H]5OC(COS(=O)(=O)O)[C@@H](O[C@@H]6OC(C)[C@@H](C)[C@@H](OCc7ccccc7)C6C)[C@H](C)C5C)[C@@H](OCc5ccccc5)C4C)[C@H](C)C3C)[C@@H](OCc3ccccc3)C2C)[C@H](C)C1C. The third-order valence-corrected chi connectivity index (χ3v) is 22.6. The fourth-order valence-corrected chi connectivity index (χ4v) is 15.4.